The van der Waals surface area contributed by atoms with E-state index in [2.05, 4.69) is 54.1 Å². The third-order valence-electron chi connectivity index (χ3n) is 4.89. The Balaban J connectivity index is 5.09. The largest absolute Gasteiger partial charge is 0.282 e. The Kier molecular flexibility index (Phi) is 3.34. The Morgan fingerprint density at radius 2 is 0.750 bits per heavy atom. The summed E-state index contributed by atoms with van der Waals surface area (Å²) in [6.07, 6.45) is 5.12. The summed E-state index contributed by atoms with van der Waals surface area (Å²) in [5, 5.41) is 2.57. The van der Waals surface area contributed by atoms with Crippen molar-refractivity contribution in [3.8, 4) is 0 Å². The van der Waals surface area contributed by atoms with E-state index in [0.29, 0.717) is 0 Å². The molecule has 0 radical (unpaired) electrons. The predicted octanol–water partition coefficient (Wildman–Crippen LogP) is 3.54. The summed E-state index contributed by atoms with van der Waals surface area (Å²) in [6, 6.07) is 0. The number of rotatable bonds is 3. The molecule has 0 aromatic carbocycles. The molecule has 0 atom stereocenters. The first kappa shape index (κ1) is 12.3. The Labute approximate surface area is 79.4 Å². The van der Waals surface area contributed by atoms with E-state index >= 15 is 0 Å². The second-order valence-corrected chi connectivity index (χ2v) is 13.7. The summed E-state index contributed by atoms with van der Waals surface area (Å²) in [4.78, 5) is 0. The molecule has 1 heteroatoms. The summed E-state index contributed by atoms with van der Waals surface area (Å²) in [5.74, 6) is 0. The fraction of sp³-hybridized carbons (Fsp3) is 1.00. The molecule has 0 aliphatic carbocycles. The van der Waals surface area contributed by atoms with Crippen molar-refractivity contribution < 1.29 is 0 Å². The summed E-state index contributed by atoms with van der Waals surface area (Å²) < 4.78 is 0. The van der Waals surface area contributed by atoms with Crippen molar-refractivity contribution in [2.24, 2.45) is 0 Å². The Hall–Kier alpha value is 0.350. The highest BCUT2D eigenvalue weighted by Crippen LogP contribution is 2.73. The summed E-state index contributed by atoms with van der Waals surface area (Å²) in [6.45, 7) is 14.4. The lowest BCUT2D eigenvalue weighted by molar-refractivity contribution is 0.926. The van der Waals surface area contributed by atoms with Crippen LogP contribution in [0.25, 0.3) is 0 Å². The van der Waals surface area contributed by atoms with Gasteiger partial charge in [-0.05, 0) is 28.3 Å². The van der Waals surface area contributed by atoms with Gasteiger partial charge < -0.3 is 0 Å². The van der Waals surface area contributed by atoms with Crippen LogP contribution < -0.4 is 0 Å². The standard InChI is InChI=1S/C11H28S/c1-9(2)12(7,8,10(3)4)11(5)6/h9-12H,1-8H3. The SMILES string of the molecule is CC(C)[SH](C)(C)(C(C)C)C(C)C. The quantitative estimate of drug-likeness (QED) is 0.650. The predicted molar refractivity (Wildman–Crippen MR) is 66.2 cm³/mol. The maximum absolute atomic E-state index is 2.56. The van der Waals surface area contributed by atoms with Gasteiger partial charge in [-0.1, -0.05) is 41.5 Å². The van der Waals surface area contributed by atoms with Crippen LogP contribution >= 0.6 is 9.16 Å². The molecule has 0 aromatic rings. The zero-order valence-electron chi connectivity index (χ0n) is 10.2. The first-order chi connectivity index (χ1) is 5.13. The van der Waals surface area contributed by atoms with Gasteiger partial charge in [0.1, 0.15) is 0 Å². The van der Waals surface area contributed by atoms with Crippen molar-refractivity contribution in [2.75, 3.05) is 12.5 Å². The van der Waals surface area contributed by atoms with Crippen LogP contribution in [0.15, 0.2) is 0 Å². The molecule has 0 rings (SSSR count). The molecule has 0 heterocycles. The van der Waals surface area contributed by atoms with E-state index in [-0.39, 0.29) is 0 Å². The average Bonchev–Trinajstić information content (AvgIpc) is 1.86. The Bertz CT molecular complexity index is 126. The first-order valence-electron chi connectivity index (χ1n) is 5.13. The lowest BCUT2D eigenvalue weighted by Crippen LogP contribution is -2.40. The van der Waals surface area contributed by atoms with Crippen LogP contribution in [-0.2, 0) is 0 Å². The van der Waals surface area contributed by atoms with Gasteiger partial charge in [-0.25, -0.2) is 0 Å². The van der Waals surface area contributed by atoms with Crippen molar-refractivity contribution in [3.05, 3.63) is 0 Å². The van der Waals surface area contributed by atoms with Crippen LogP contribution in [0, 0.1) is 0 Å². The van der Waals surface area contributed by atoms with Crippen molar-refractivity contribution in [1.82, 2.24) is 0 Å². The highest BCUT2D eigenvalue weighted by Gasteiger charge is 2.40. The molecule has 0 aliphatic heterocycles. The van der Waals surface area contributed by atoms with Crippen LogP contribution in [0.3, 0.4) is 0 Å². The van der Waals surface area contributed by atoms with Gasteiger partial charge in [-0.15, -0.1) is 0 Å². The summed E-state index contributed by atoms with van der Waals surface area (Å²) >= 11 is 0. The second kappa shape index (κ2) is 3.25. The lowest BCUT2D eigenvalue weighted by Gasteiger charge is -2.66. The van der Waals surface area contributed by atoms with E-state index in [4.69, 9.17) is 0 Å². The molecule has 78 valence electrons. The van der Waals surface area contributed by atoms with Gasteiger partial charge in [0.2, 0.25) is 0 Å². The molecule has 12 heavy (non-hydrogen) atoms. The van der Waals surface area contributed by atoms with E-state index in [1.165, 1.54) is 0 Å². The Morgan fingerprint density at radius 3 is 0.750 bits per heavy atom. The third kappa shape index (κ3) is 1.53. The summed E-state index contributed by atoms with van der Waals surface area (Å²) in [7, 11) is -1.45. The van der Waals surface area contributed by atoms with E-state index in [9.17, 15) is 0 Å². The molecule has 0 nitrogen and oxygen atoms in total. The van der Waals surface area contributed by atoms with Crippen LogP contribution in [0.5, 0.6) is 0 Å². The van der Waals surface area contributed by atoms with Gasteiger partial charge >= 0.3 is 0 Å². The van der Waals surface area contributed by atoms with Crippen LogP contribution in [0.4, 0.5) is 0 Å². The Morgan fingerprint density at radius 1 is 0.583 bits per heavy atom. The molecule has 0 unspecified atom stereocenters. The van der Waals surface area contributed by atoms with Crippen molar-refractivity contribution in [1.29, 1.82) is 0 Å². The molecule has 0 saturated carbocycles. The van der Waals surface area contributed by atoms with E-state index in [1.807, 2.05) is 0 Å². The maximum Gasteiger partial charge on any atom is -0.0297 e. The molecular weight excluding hydrogens is 164 g/mol. The lowest BCUT2D eigenvalue weighted by atomic mass is 10.5. The topological polar surface area (TPSA) is 0 Å². The molecule has 0 aromatic heterocycles. The molecule has 0 bridgehead atoms. The monoisotopic (exact) mass is 192 g/mol. The molecule has 0 amide bonds. The van der Waals surface area contributed by atoms with Gasteiger partial charge in [0, 0.05) is 0 Å². The molecule has 0 spiro atoms. The van der Waals surface area contributed by atoms with Gasteiger partial charge in [-0.3, -0.25) is 9.16 Å². The highest BCUT2D eigenvalue weighted by molar-refractivity contribution is 8.49. The van der Waals surface area contributed by atoms with E-state index in [1.54, 1.807) is 0 Å². The minimum Gasteiger partial charge on any atom is -0.282 e. The van der Waals surface area contributed by atoms with Crippen LogP contribution in [0.1, 0.15) is 41.5 Å². The maximum atomic E-state index is 2.56. The van der Waals surface area contributed by atoms with Crippen molar-refractivity contribution >= 4 is 9.16 Å². The molecule has 0 fully saturated rings. The normalized spacial score (nSPS) is 17.1. The zero-order chi connectivity index (χ0) is 10.2. The molecule has 0 N–H and O–H groups in total. The van der Waals surface area contributed by atoms with Gasteiger partial charge in [0.05, 0.1) is 0 Å². The zero-order valence-corrected chi connectivity index (χ0v) is 11.1. The molecule has 0 saturated heterocycles. The second-order valence-electron chi connectivity index (χ2n) is 5.72. The molecule has 0 aliphatic rings. The third-order valence-corrected chi connectivity index (χ3v) is 14.7. The fourth-order valence-corrected chi connectivity index (χ4v) is 5.37. The summed E-state index contributed by atoms with van der Waals surface area (Å²) in [5.41, 5.74) is 0. The number of thiol groups is 1. The van der Waals surface area contributed by atoms with Gasteiger partial charge in [0.15, 0.2) is 0 Å². The minimum absolute atomic E-state index is 0.857. The van der Waals surface area contributed by atoms with Crippen molar-refractivity contribution in [3.63, 3.8) is 0 Å². The van der Waals surface area contributed by atoms with E-state index in [0.717, 1.165) is 15.7 Å². The van der Waals surface area contributed by atoms with Gasteiger partial charge in [0.25, 0.3) is 0 Å². The number of hydrogen-bond acceptors (Lipinski definition) is 0. The highest BCUT2D eigenvalue weighted by atomic mass is 32.3. The first-order valence-corrected chi connectivity index (χ1v) is 8.47. The molecular formula is C11H28S. The van der Waals surface area contributed by atoms with Crippen LogP contribution in [0.2, 0.25) is 0 Å². The van der Waals surface area contributed by atoms with E-state index < -0.39 is 9.16 Å². The number of hydrogen-bond donors (Lipinski definition) is 1. The smallest absolute Gasteiger partial charge is 0.0297 e. The minimum atomic E-state index is -1.45. The van der Waals surface area contributed by atoms with Gasteiger partial charge in [-0.2, -0.15) is 0 Å². The van der Waals surface area contributed by atoms with Crippen molar-refractivity contribution in [2.45, 2.75) is 57.3 Å². The fourth-order valence-electron chi connectivity index (χ4n) is 1.79. The average molecular weight is 192 g/mol. The van der Waals surface area contributed by atoms with Crippen LogP contribution in [-0.4, -0.2) is 28.3 Å².